The number of carbonyl (C=O) groups is 6. The fourth-order valence-corrected chi connectivity index (χ4v) is 1.46. The van der Waals surface area contributed by atoms with E-state index in [4.69, 9.17) is 59.9 Å². The molecule has 0 aliphatic rings. The predicted octanol–water partition coefficient (Wildman–Crippen LogP) is -5.07. The molecule has 0 radical (unpaired) electrons. The zero-order chi connectivity index (χ0) is 30.3. The predicted molar refractivity (Wildman–Crippen MR) is 132 cm³/mol. The van der Waals surface area contributed by atoms with Crippen molar-refractivity contribution in [2.45, 2.75) is 49.9 Å². The highest BCUT2D eigenvalue weighted by atomic mass is 32.1. The highest BCUT2D eigenvalue weighted by molar-refractivity contribution is 7.80. The lowest BCUT2D eigenvalue weighted by molar-refractivity contribution is -0.144. The van der Waals surface area contributed by atoms with Crippen LogP contribution in [0.1, 0.15) is 25.7 Å². The fourth-order valence-electron chi connectivity index (χ4n) is 1.30. The molecular weight excluding hydrogens is 524 g/mol. The summed E-state index contributed by atoms with van der Waals surface area (Å²) >= 11 is 3.65. The SMILES string of the molecule is NC(=O)C[C@H](N)C(=O)O.NC(N)=NCCC[C@H](N)C(=O)O.N[C@@H](CC(=O)O)C(=O)O.N[C@@H](CS)C(=O)O. The van der Waals surface area contributed by atoms with E-state index >= 15 is 0 Å². The van der Waals surface area contributed by atoms with E-state index in [-0.39, 0.29) is 18.1 Å². The van der Waals surface area contributed by atoms with Crippen molar-refractivity contribution in [3.63, 3.8) is 0 Å². The molecule has 0 aromatic rings. The molecule has 19 N–H and O–H groups in total. The minimum Gasteiger partial charge on any atom is -0.481 e. The van der Waals surface area contributed by atoms with Crippen molar-refractivity contribution in [2.75, 3.05) is 12.3 Å². The van der Waals surface area contributed by atoms with Crippen molar-refractivity contribution < 1.29 is 54.3 Å². The smallest absolute Gasteiger partial charge is 0.321 e. The van der Waals surface area contributed by atoms with Crippen molar-refractivity contribution >= 4 is 54.3 Å². The summed E-state index contributed by atoms with van der Waals surface area (Å²) < 4.78 is 0. The molecule has 0 heterocycles. The molecule has 0 rings (SSSR count). The molecule has 0 bridgehead atoms. The van der Waals surface area contributed by atoms with Gasteiger partial charge in [-0.15, -0.1) is 0 Å². The Morgan fingerprint density at radius 3 is 1.22 bits per heavy atom. The fraction of sp³-hybridized carbons (Fsp3) is 0.588. The number of aliphatic carboxylic acids is 5. The zero-order valence-corrected chi connectivity index (χ0v) is 20.6. The molecule has 0 aliphatic carbocycles. The molecule has 1 amide bonds. The van der Waals surface area contributed by atoms with Gasteiger partial charge in [-0.1, -0.05) is 0 Å². The van der Waals surface area contributed by atoms with Gasteiger partial charge in [-0.3, -0.25) is 33.8 Å². The number of carboxylic acids is 5. The van der Waals surface area contributed by atoms with Crippen molar-refractivity contribution in [2.24, 2.45) is 45.1 Å². The van der Waals surface area contributed by atoms with Crippen LogP contribution < -0.4 is 40.1 Å². The number of primary amides is 1. The molecule has 0 saturated heterocycles. The lowest BCUT2D eigenvalue weighted by Gasteiger charge is -2.03. The van der Waals surface area contributed by atoms with E-state index in [1.165, 1.54) is 0 Å². The highest BCUT2D eigenvalue weighted by Gasteiger charge is 2.14. The summed E-state index contributed by atoms with van der Waals surface area (Å²) in [6, 6.07) is -4.09. The first-order valence-electron chi connectivity index (χ1n) is 9.89. The summed E-state index contributed by atoms with van der Waals surface area (Å²) in [6.07, 6.45) is 0.113. The second-order valence-corrected chi connectivity index (χ2v) is 7.04. The van der Waals surface area contributed by atoms with Gasteiger partial charge in [0, 0.05) is 12.3 Å². The molecule has 0 aromatic heterocycles. The van der Waals surface area contributed by atoms with Crippen LogP contribution in [0.15, 0.2) is 4.99 Å². The zero-order valence-electron chi connectivity index (χ0n) is 19.7. The van der Waals surface area contributed by atoms with Crippen LogP contribution in [-0.4, -0.2) is 104 Å². The van der Waals surface area contributed by atoms with Crippen LogP contribution in [0.2, 0.25) is 0 Å². The van der Waals surface area contributed by atoms with Crippen LogP contribution in [-0.2, 0) is 28.8 Å². The average Bonchev–Trinajstić information content (AvgIpc) is 2.75. The van der Waals surface area contributed by atoms with Crippen LogP contribution >= 0.6 is 12.6 Å². The van der Waals surface area contributed by atoms with Crippen molar-refractivity contribution in [3.05, 3.63) is 0 Å². The molecule has 37 heavy (non-hydrogen) atoms. The second-order valence-electron chi connectivity index (χ2n) is 6.68. The Kier molecular flexibility index (Phi) is 26.2. The van der Waals surface area contributed by atoms with Gasteiger partial charge >= 0.3 is 29.8 Å². The number of carboxylic acid groups (broad SMARTS) is 5. The Morgan fingerprint density at radius 2 is 1.03 bits per heavy atom. The minimum absolute atomic E-state index is 0.0129. The monoisotopic (exact) mass is 560 g/mol. The number of hydrogen-bond donors (Lipinski definition) is 13. The number of nitrogens with zero attached hydrogens (tertiary/aromatic N) is 1. The van der Waals surface area contributed by atoms with E-state index in [9.17, 15) is 28.8 Å². The van der Waals surface area contributed by atoms with Gasteiger partial charge in [0.1, 0.15) is 24.2 Å². The Bertz CT molecular complexity index is 734. The summed E-state index contributed by atoms with van der Waals surface area (Å²) in [5.74, 6) is -6.22. The standard InChI is InChI=1S/C6H14N4O2.C4H8N2O3.C4H7NO4.C3H7NO2S/c7-4(5(11)12)2-1-3-10-6(8)9;2*5-2(4(8)9)1-3(6)7;4-2(1-7)3(5)6/h4H,1-3,7H2,(H,11,12)(H4,8,9,10);2H,1,5H2,(H2,6,7)(H,8,9);2H,1,5H2,(H,6,7)(H,8,9);2,7H,1,4H2,(H,5,6)/t4-;3*2-/m0000/s1. The molecule has 19 nitrogen and oxygen atoms in total. The van der Waals surface area contributed by atoms with E-state index in [0.29, 0.717) is 19.4 Å². The number of nitrogens with two attached hydrogens (primary N) is 7. The van der Waals surface area contributed by atoms with Crippen LogP contribution in [0.3, 0.4) is 0 Å². The number of thiol groups is 1. The summed E-state index contributed by atoms with van der Waals surface area (Å²) in [7, 11) is 0. The van der Waals surface area contributed by atoms with Crippen molar-refractivity contribution in [1.82, 2.24) is 0 Å². The first-order valence-corrected chi connectivity index (χ1v) is 10.5. The number of carbonyl (C=O) groups excluding carboxylic acids is 1. The third kappa shape index (κ3) is 34.5. The normalized spacial score (nSPS) is 12.6. The minimum atomic E-state index is -1.29. The second kappa shape index (κ2) is 24.0. The van der Waals surface area contributed by atoms with Gasteiger partial charge in [-0.2, -0.15) is 12.6 Å². The average molecular weight is 561 g/mol. The Balaban J connectivity index is -0.000000200. The van der Waals surface area contributed by atoms with E-state index in [1.54, 1.807) is 0 Å². The lowest BCUT2D eigenvalue weighted by atomic mass is 10.2. The third-order valence-corrected chi connectivity index (χ3v) is 3.64. The number of hydrogen-bond acceptors (Lipinski definition) is 12. The molecule has 0 aliphatic heterocycles. The maximum atomic E-state index is 10.2. The molecule has 0 saturated carbocycles. The van der Waals surface area contributed by atoms with E-state index in [0.717, 1.165) is 0 Å². The van der Waals surface area contributed by atoms with Gasteiger partial charge in [0.2, 0.25) is 5.91 Å². The van der Waals surface area contributed by atoms with Crippen molar-refractivity contribution in [3.8, 4) is 0 Å². The topological polar surface area (TPSA) is 398 Å². The molecule has 20 heteroatoms. The van der Waals surface area contributed by atoms with Crippen LogP contribution in [0, 0.1) is 0 Å². The molecule has 0 spiro atoms. The molecular formula is C17H36N8O11S. The van der Waals surface area contributed by atoms with E-state index in [2.05, 4.69) is 23.4 Å². The number of guanidine groups is 1. The summed E-state index contributed by atoms with van der Waals surface area (Å²) in [5.41, 5.74) is 34.7. The van der Waals surface area contributed by atoms with Gasteiger partial charge in [-0.25, -0.2) is 0 Å². The number of aliphatic imine (C=N–C) groups is 1. The Morgan fingerprint density at radius 1 is 0.649 bits per heavy atom. The number of amides is 1. The Hall–Kier alpha value is -3.72. The van der Waals surface area contributed by atoms with Gasteiger partial charge in [0.15, 0.2) is 5.96 Å². The first kappa shape index (κ1) is 40.4. The first-order chi connectivity index (χ1) is 16.8. The molecule has 4 atom stereocenters. The maximum absolute atomic E-state index is 10.2. The Labute approximate surface area is 216 Å². The molecule has 0 aromatic carbocycles. The number of rotatable bonds is 13. The lowest BCUT2D eigenvalue weighted by Crippen LogP contribution is -2.34. The summed E-state index contributed by atoms with van der Waals surface area (Å²) in [6.45, 7) is 0.420. The van der Waals surface area contributed by atoms with Crippen LogP contribution in [0.4, 0.5) is 0 Å². The molecule has 216 valence electrons. The quantitative estimate of drug-likeness (QED) is 0.0433. The molecule has 0 unspecified atom stereocenters. The van der Waals surface area contributed by atoms with Crippen molar-refractivity contribution in [1.29, 1.82) is 0 Å². The van der Waals surface area contributed by atoms with E-state index < -0.39 is 66.3 Å². The van der Waals surface area contributed by atoms with Crippen LogP contribution in [0.25, 0.3) is 0 Å². The third-order valence-electron chi connectivity index (χ3n) is 3.25. The molecule has 0 fully saturated rings. The summed E-state index contributed by atoms with van der Waals surface area (Å²) in [4.78, 5) is 63.2. The van der Waals surface area contributed by atoms with Gasteiger partial charge in [0.05, 0.1) is 12.8 Å². The van der Waals surface area contributed by atoms with Gasteiger partial charge in [-0.05, 0) is 12.8 Å². The highest BCUT2D eigenvalue weighted by Crippen LogP contribution is 1.94. The maximum Gasteiger partial charge on any atom is 0.321 e. The van der Waals surface area contributed by atoms with Crippen LogP contribution in [0.5, 0.6) is 0 Å². The van der Waals surface area contributed by atoms with E-state index in [1.807, 2.05) is 0 Å². The van der Waals surface area contributed by atoms with Gasteiger partial charge in [0.25, 0.3) is 0 Å². The largest absolute Gasteiger partial charge is 0.481 e. The van der Waals surface area contributed by atoms with Gasteiger partial charge < -0.3 is 65.7 Å². The summed E-state index contributed by atoms with van der Waals surface area (Å²) in [5, 5.41) is 40.5.